The van der Waals surface area contributed by atoms with E-state index in [1.807, 2.05) is 12.1 Å². The Balaban J connectivity index is 1.57. The lowest BCUT2D eigenvalue weighted by atomic mass is 9.73. The Bertz CT molecular complexity index is 782. The van der Waals surface area contributed by atoms with Crippen LogP contribution in [0.5, 0.6) is 5.75 Å². The van der Waals surface area contributed by atoms with Gasteiger partial charge in [0.15, 0.2) is 12.4 Å². The molecule has 3 N–H and O–H groups in total. The third kappa shape index (κ3) is 6.94. The first-order valence-corrected chi connectivity index (χ1v) is 12.8. The van der Waals surface area contributed by atoms with Crippen LogP contribution in [0.1, 0.15) is 69.9 Å². The highest BCUT2D eigenvalue weighted by atomic mass is 16.6. The number of esters is 1. The summed E-state index contributed by atoms with van der Waals surface area (Å²) in [6, 6.07) is 5.97. The summed E-state index contributed by atoms with van der Waals surface area (Å²) < 4.78 is 15.7. The minimum Gasteiger partial charge on any atom is -0.488 e. The highest BCUT2D eigenvalue weighted by Crippen LogP contribution is 2.48. The Morgan fingerprint density at radius 3 is 2.71 bits per heavy atom. The Morgan fingerprint density at radius 2 is 1.97 bits per heavy atom. The molecule has 1 aromatic rings. The summed E-state index contributed by atoms with van der Waals surface area (Å²) in [5.74, 6) is 1.18. The van der Waals surface area contributed by atoms with Crippen LogP contribution in [0.15, 0.2) is 18.2 Å². The van der Waals surface area contributed by atoms with Crippen molar-refractivity contribution in [1.82, 2.24) is 0 Å². The fraction of sp³-hybridized carbons (Fsp3) is 0.741. The average Bonchev–Trinajstić information content (AvgIpc) is 3.13. The predicted molar refractivity (Wildman–Crippen MR) is 128 cm³/mol. The molecule has 7 heteroatoms. The number of rotatable bonds is 13. The van der Waals surface area contributed by atoms with Gasteiger partial charge in [0.05, 0.1) is 19.3 Å². The van der Waals surface area contributed by atoms with Gasteiger partial charge in [0.25, 0.3) is 0 Å². The van der Waals surface area contributed by atoms with Gasteiger partial charge in [-0.05, 0) is 80.4 Å². The van der Waals surface area contributed by atoms with Gasteiger partial charge < -0.3 is 29.5 Å². The topological polar surface area (TPSA) is 105 Å². The fourth-order valence-electron chi connectivity index (χ4n) is 5.76. The lowest BCUT2D eigenvalue weighted by molar-refractivity contribution is -0.180. The lowest BCUT2D eigenvalue weighted by Gasteiger charge is -2.32. The van der Waals surface area contributed by atoms with Crippen LogP contribution in [-0.4, -0.2) is 59.6 Å². The van der Waals surface area contributed by atoms with E-state index in [4.69, 9.17) is 9.47 Å². The van der Waals surface area contributed by atoms with Gasteiger partial charge in [-0.25, -0.2) is 4.79 Å². The van der Waals surface area contributed by atoms with E-state index in [2.05, 4.69) is 17.7 Å². The zero-order valence-corrected chi connectivity index (χ0v) is 20.8. The van der Waals surface area contributed by atoms with Gasteiger partial charge in [-0.2, -0.15) is 0 Å². The van der Waals surface area contributed by atoms with Gasteiger partial charge in [-0.1, -0.05) is 38.3 Å². The maximum Gasteiger partial charge on any atom is 0.334 e. The zero-order chi connectivity index (χ0) is 24.7. The third-order valence-electron chi connectivity index (χ3n) is 7.60. The van der Waals surface area contributed by atoms with E-state index in [0.717, 1.165) is 63.4 Å². The van der Waals surface area contributed by atoms with Crippen LogP contribution in [-0.2, 0) is 27.1 Å². The summed E-state index contributed by atoms with van der Waals surface area (Å²) in [4.78, 5) is 11.5. The number of carbonyl (C=O) groups excluding carboxylic acids is 1. The standard InChI is InChI=1S/C27H42O7/c1-4-5-6-9-20(28)11-12-21-22-13-18-8-7-10-25(23(18)14-19(22)15-24(21)29)33-16-26(30)34-17(2)27(31)32-3/h7-8,10,17,19-22,24,26,28-30H,4-6,9,11-16H2,1-3H3/t17-,19+,20+,21-,22+,24-,26?/m1/s1. The number of carbonyl (C=O) groups is 1. The predicted octanol–water partition coefficient (Wildman–Crippen LogP) is 3.40. The molecule has 34 heavy (non-hydrogen) atoms. The number of methoxy groups -OCH3 is 1. The first kappa shape index (κ1) is 26.9. The molecule has 0 spiro atoms. The minimum atomic E-state index is -1.25. The zero-order valence-electron chi connectivity index (χ0n) is 20.8. The van der Waals surface area contributed by atoms with Crippen molar-refractivity contribution in [3.63, 3.8) is 0 Å². The van der Waals surface area contributed by atoms with E-state index < -0.39 is 18.4 Å². The molecular weight excluding hydrogens is 436 g/mol. The number of benzene rings is 1. The van der Waals surface area contributed by atoms with Crippen molar-refractivity contribution < 1.29 is 34.3 Å². The van der Waals surface area contributed by atoms with Crippen LogP contribution in [0.2, 0.25) is 0 Å². The molecule has 0 aliphatic heterocycles. The van der Waals surface area contributed by atoms with Crippen LogP contribution >= 0.6 is 0 Å². The quantitative estimate of drug-likeness (QED) is 0.227. The summed E-state index contributed by atoms with van der Waals surface area (Å²) in [7, 11) is 1.27. The molecule has 1 unspecified atom stereocenters. The molecular formula is C27H42O7. The number of aliphatic hydroxyl groups is 3. The molecule has 3 rings (SSSR count). The van der Waals surface area contributed by atoms with E-state index in [1.165, 1.54) is 19.6 Å². The van der Waals surface area contributed by atoms with Crippen LogP contribution < -0.4 is 4.74 Å². The molecule has 1 aromatic carbocycles. The van der Waals surface area contributed by atoms with Crippen molar-refractivity contribution in [2.24, 2.45) is 17.8 Å². The maximum atomic E-state index is 11.5. The largest absolute Gasteiger partial charge is 0.488 e. The van der Waals surface area contributed by atoms with Crippen molar-refractivity contribution in [1.29, 1.82) is 0 Å². The number of hydrogen-bond acceptors (Lipinski definition) is 7. The molecule has 0 bridgehead atoms. The molecule has 1 saturated carbocycles. The summed E-state index contributed by atoms with van der Waals surface area (Å²) in [6.45, 7) is 3.60. The molecule has 0 amide bonds. The van der Waals surface area contributed by atoms with Gasteiger partial charge in [0.2, 0.25) is 0 Å². The molecule has 7 atom stereocenters. The number of aliphatic hydroxyl groups excluding tert-OH is 3. The normalized spacial score (nSPS) is 26.3. The molecule has 1 fully saturated rings. The molecule has 0 radical (unpaired) electrons. The first-order chi connectivity index (χ1) is 16.3. The Hall–Kier alpha value is -1.67. The van der Waals surface area contributed by atoms with Crippen molar-refractivity contribution in [3.8, 4) is 5.75 Å². The van der Waals surface area contributed by atoms with Gasteiger partial charge in [0.1, 0.15) is 12.4 Å². The molecule has 2 aliphatic carbocycles. The average molecular weight is 479 g/mol. The second-order valence-corrected chi connectivity index (χ2v) is 9.99. The van der Waals surface area contributed by atoms with E-state index >= 15 is 0 Å². The van der Waals surface area contributed by atoms with Crippen molar-refractivity contribution >= 4 is 5.97 Å². The van der Waals surface area contributed by atoms with Crippen molar-refractivity contribution in [3.05, 3.63) is 29.3 Å². The second kappa shape index (κ2) is 12.9. The molecule has 0 saturated heterocycles. The smallest absolute Gasteiger partial charge is 0.334 e. The molecule has 7 nitrogen and oxygen atoms in total. The number of fused-ring (bicyclic) bond motifs is 2. The number of ether oxygens (including phenoxy) is 3. The van der Waals surface area contributed by atoms with Crippen molar-refractivity contribution in [2.45, 2.75) is 96.2 Å². The van der Waals surface area contributed by atoms with E-state index in [9.17, 15) is 20.1 Å². The monoisotopic (exact) mass is 478 g/mol. The summed E-state index contributed by atoms with van der Waals surface area (Å²) in [5, 5.41) is 31.3. The maximum absolute atomic E-state index is 11.5. The second-order valence-electron chi connectivity index (χ2n) is 9.99. The summed E-state index contributed by atoms with van der Waals surface area (Å²) >= 11 is 0. The molecule has 0 heterocycles. The lowest BCUT2D eigenvalue weighted by Crippen LogP contribution is -2.31. The summed E-state index contributed by atoms with van der Waals surface area (Å²) in [6.07, 6.45) is 5.62. The Kier molecular flexibility index (Phi) is 10.2. The van der Waals surface area contributed by atoms with Gasteiger partial charge in [-0.3, -0.25) is 0 Å². The highest BCUT2D eigenvalue weighted by Gasteiger charge is 2.44. The van der Waals surface area contributed by atoms with Crippen molar-refractivity contribution in [2.75, 3.05) is 13.7 Å². The van der Waals surface area contributed by atoms with Crippen LogP contribution in [0.3, 0.4) is 0 Å². The Labute approximate surface area is 203 Å². The van der Waals surface area contributed by atoms with Gasteiger partial charge >= 0.3 is 5.97 Å². The first-order valence-electron chi connectivity index (χ1n) is 12.8. The fourth-order valence-corrected chi connectivity index (χ4v) is 5.76. The SMILES string of the molecule is CCCCC[C@H](O)CC[C@@H]1[C@H]2Cc3cccc(OCC(O)O[C@H](C)C(=O)OC)c3C[C@H]2C[C@H]1O. The van der Waals surface area contributed by atoms with E-state index in [0.29, 0.717) is 17.6 Å². The number of unbranched alkanes of at least 4 members (excludes halogenated alkanes) is 2. The van der Waals surface area contributed by atoms with Crippen LogP contribution in [0, 0.1) is 17.8 Å². The molecule has 0 aromatic heterocycles. The molecule has 192 valence electrons. The summed E-state index contributed by atoms with van der Waals surface area (Å²) in [5.41, 5.74) is 2.35. The number of hydrogen-bond donors (Lipinski definition) is 3. The molecule has 2 aliphatic rings. The van der Waals surface area contributed by atoms with E-state index in [-0.39, 0.29) is 24.7 Å². The van der Waals surface area contributed by atoms with Gasteiger partial charge in [-0.15, -0.1) is 0 Å². The van der Waals surface area contributed by atoms with E-state index in [1.54, 1.807) is 0 Å². The van der Waals surface area contributed by atoms with Crippen LogP contribution in [0.4, 0.5) is 0 Å². The van der Waals surface area contributed by atoms with Gasteiger partial charge in [0, 0.05) is 0 Å². The Morgan fingerprint density at radius 1 is 1.18 bits per heavy atom. The minimum absolute atomic E-state index is 0.0902. The highest BCUT2D eigenvalue weighted by molar-refractivity contribution is 5.73. The third-order valence-corrected chi connectivity index (χ3v) is 7.60. The van der Waals surface area contributed by atoms with Crippen LogP contribution in [0.25, 0.3) is 0 Å².